The maximum Gasteiger partial charge on any atom is 0.269 e. The molecule has 1 aromatic rings. The summed E-state index contributed by atoms with van der Waals surface area (Å²) >= 11 is 1.73. The largest absolute Gasteiger partial charge is 0.396 e. The molecule has 108 valence electrons. The van der Waals surface area contributed by atoms with Crippen LogP contribution in [0, 0.1) is 0 Å². The molecule has 0 saturated heterocycles. The average molecular weight is 285 g/mol. The van der Waals surface area contributed by atoms with Crippen molar-refractivity contribution in [2.75, 3.05) is 24.7 Å². The zero-order valence-electron chi connectivity index (χ0n) is 11.8. The van der Waals surface area contributed by atoms with Crippen LogP contribution in [0.2, 0.25) is 0 Å². The number of aromatic nitrogens is 2. The van der Waals surface area contributed by atoms with Crippen LogP contribution in [-0.4, -0.2) is 45.5 Å². The first-order chi connectivity index (χ1) is 9.06. The molecule has 1 amide bonds. The van der Waals surface area contributed by atoms with Gasteiger partial charge in [-0.2, -0.15) is 16.9 Å². The Morgan fingerprint density at radius 3 is 2.84 bits per heavy atom. The minimum absolute atomic E-state index is 0.0790. The van der Waals surface area contributed by atoms with Gasteiger partial charge in [0.2, 0.25) is 0 Å². The van der Waals surface area contributed by atoms with Gasteiger partial charge in [0.05, 0.1) is 5.69 Å². The molecule has 0 fully saturated rings. The molecule has 1 heterocycles. The lowest BCUT2D eigenvalue weighted by molar-refractivity contribution is 0.0947. The lowest BCUT2D eigenvalue weighted by atomic mass is 10.1. The average Bonchev–Trinajstić information content (AvgIpc) is 2.76. The van der Waals surface area contributed by atoms with Crippen molar-refractivity contribution in [1.82, 2.24) is 15.1 Å². The van der Waals surface area contributed by atoms with Crippen LogP contribution in [0.5, 0.6) is 0 Å². The summed E-state index contributed by atoms with van der Waals surface area (Å²) in [5.74, 6) is 2.03. The van der Waals surface area contributed by atoms with Gasteiger partial charge in [-0.15, -0.1) is 0 Å². The van der Waals surface area contributed by atoms with E-state index in [1.165, 1.54) is 0 Å². The van der Waals surface area contributed by atoms with Crippen molar-refractivity contribution in [3.8, 4) is 0 Å². The second kappa shape index (κ2) is 8.22. The van der Waals surface area contributed by atoms with Gasteiger partial charge in [0.25, 0.3) is 5.91 Å². The van der Waals surface area contributed by atoms with Crippen molar-refractivity contribution in [1.29, 1.82) is 0 Å². The Balaban J connectivity index is 2.37. The highest BCUT2D eigenvalue weighted by atomic mass is 32.2. The molecule has 1 aromatic heterocycles. The molecule has 1 rings (SSSR count). The summed E-state index contributed by atoms with van der Waals surface area (Å²) in [6, 6.07) is 1.85. The van der Waals surface area contributed by atoms with Crippen LogP contribution in [-0.2, 0) is 7.05 Å². The van der Waals surface area contributed by atoms with Crippen LogP contribution in [0.25, 0.3) is 0 Å². The molecule has 0 spiro atoms. The number of carbonyl (C=O) groups excluding carboxylic acids is 1. The number of amides is 1. The fraction of sp³-hybridized carbons (Fsp3) is 0.692. The van der Waals surface area contributed by atoms with Crippen LogP contribution < -0.4 is 5.32 Å². The molecular weight excluding hydrogens is 262 g/mol. The molecule has 6 heteroatoms. The molecule has 5 nitrogen and oxygen atoms in total. The summed E-state index contributed by atoms with van der Waals surface area (Å²) in [7, 11) is 1.79. The van der Waals surface area contributed by atoms with Gasteiger partial charge < -0.3 is 10.4 Å². The highest BCUT2D eigenvalue weighted by Crippen LogP contribution is 2.13. The number of hydrogen-bond acceptors (Lipinski definition) is 4. The standard InChI is InChI=1S/C13H23N3O2S/c1-10(2)11-9-12(16(3)15-11)13(18)14-5-8-19-7-4-6-17/h9-10,17H,4-8H2,1-3H3,(H,14,18). The fourth-order valence-electron chi connectivity index (χ4n) is 1.58. The fourth-order valence-corrected chi connectivity index (χ4v) is 2.36. The molecule has 19 heavy (non-hydrogen) atoms. The Hall–Kier alpha value is -1.01. The normalized spacial score (nSPS) is 11.0. The van der Waals surface area contributed by atoms with E-state index in [1.807, 2.05) is 6.07 Å². The zero-order valence-corrected chi connectivity index (χ0v) is 12.7. The summed E-state index contributed by atoms with van der Waals surface area (Å²) in [5.41, 5.74) is 1.54. The van der Waals surface area contributed by atoms with Gasteiger partial charge in [-0.05, 0) is 24.2 Å². The number of carbonyl (C=O) groups is 1. The van der Waals surface area contributed by atoms with E-state index in [9.17, 15) is 4.79 Å². The van der Waals surface area contributed by atoms with Crippen molar-refractivity contribution in [2.45, 2.75) is 26.2 Å². The minimum atomic E-state index is -0.0790. The molecule has 0 saturated carbocycles. The number of hydrogen-bond donors (Lipinski definition) is 2. The molecule has 0 radical (unpaired) electrons. The topological polar surface area (TPSA) is 67.2 Å². The Morgan fingerprint density at radius 1 is 1.53 bits per heavy atom. The number of aryl methyl sites for hydroxylation is 1. The molecule has 0 aliphatic heterocycles. The number of rotatable bonds is 8. The monoisotopic (exact) mass is 285 g/mol. The maximum atomic E-state index is 12.0. The van der Waals surface area contributed by atoms with E-state index in [1.54, 1.807) is 23.5 Å². The molecule has 2 N–H and O–H groups in total. The highest BCUT2D eigenvalue weighted by Gasteiger charge is 2.14. The minimum Gasteiger partial charge on any atom is -0.396 e. The van der Waals surface area contributed by atoms with Crippen LogP contribution in [0.4, 0.5) is 0 Å². The van der Waals surface area contributed by atoms with Gasteiger partial charge >= 0.3 is 0 Å². The third kappa shape index (κ3) is 5.24. The zero-order chi connectivity index (χ0) is 14.3. The summed E-state index contributed by atoms with van der Waals surface area (Å²) in [4.78, 5) is 12.0. The Labute approximate surface area is 118 Å². The van der Waals surface area contributed by atoms with E-state index in [-0.39, 0.29) is 12.5 Å². The van der Waals surface area contributed by atoms with Crippen molar-refractivity contribution >= 4 is 17.7 Å². The quantitative estimate of drug-likeness (QED) is 0.708. The number of nitrogens with zero attached hydrogens (tertiary/aromatic N) is 2. The molecule has 0 aliphatic rings. The van der Waals surface area contributed by atoms with Gasteiger partial charge in [0, 0.05) is 26.0 Å². The molecule has 0 aromatic carbocycles. The smallest absolute Gasteiger partial charge is 0.269 e. The second-order valence-electron chi connectivity index (χ2n) is 4.68. The van der Waals surface area contributed by atoms with Gasteiger partial charge in [-0.25, -0.2) is 0 Å². The predicted molar refractivity (Wildman–Crippen MR) is 78.7 cm³/mol. The van der Waals surface area contributed by atoms with Crippen molar-refractivity contribution < 1.29 is 9.90 Å². The van der Waals surface area contributed by atoms with Crippen molar-refractivity contribution in [3.05, 3.63) is 17.5 Å². The summed E-state index contributed by atoms with van der Waals surface area (Å²) in [6.07, 6.45) is 0.804. The molecule has 0 atom stereocenters. The lowest BCUT2D eigenvalue weighted by Gasteiger charge is -2.04. The first kappa shape index (κ1) is 16.0. The van der Waals surface area contributed by atoms with Crippen LogP contribution in [0.1, 0.15) is 42.4 Å². The van der Waals surface area contributed by atoms with Crippen molar-refractivity contribution in [3.63, 3.8) is 0 Å². The Bertz CT molecular complexity index is 405. The van der Waals surface area contributed by atoms with E-state index in [0.717, 1.165) is 23.6 Å². The number of thioether (sulfide) groups is 1. The predicted octanol–water partition coefficient (Wildman–Crippen LogP) is 1.39. The molecule has 0 bridgehead atoms. The molecule has 0 unspecified atom stereocenters. The van der Waals surface area contributed by atoms with Gasteiger partial charge in [-0.3, -0.25) is 9.48 Å². The SMILES string of the molecule is CC(C)c1cc(C(=O)NCCSCCCO)n(C)n1. The third-order valence-electron chi connectivity index (χ3n) is 2.70. The summed E-state index contributed by atoms with van der Waals surface area (Å²) < 4.78 is 1.63. The first-order valence-electron chi connectivity index (χ1n) is 6.57. The van der Waals surface area contributed by atoms with E-state index >= 15 is 0 Å². The summed E-state index contributed by atoms with van der Waals surface area (Å²) in [6.45, 7) is 4.98. The van der Waals surface area contributed by atoms with Gasteiger partial charge in [0.15, 0.2) is 0 Å². The van der Waals surface area contributed by atoms with E-state index in [0.29, 0.717) is 18.2 Å². The number of aliphatic hydroxyl groups is 1. The van der Waals surface area contributed by atoms with Crippen molar-refractivity contribution in [2.24, 2.45) is 7.05 Å². The maximum absolute atomic E-state index is 12.0. The Morgan fingerprint density at radius 2 is 2.26 bits per heavy atom. The van der Waals surface area contributed by atoms with Crippen LogP contribution in [0.15, 0.2) is 6.07 Å². The number of nitrogens with one attached hydrogen (secondary N) is 1. The van der Waals surface area contributed by atoms with E-state index < -0.39 is 0 Å². The summed E-state index contributed by atoms with van der Waals surface area (Å²) in [5, 5.41) is 15.9. The number of aliphatic hydroxyl groups excluding tert-OH is 1. The van der Waals surface area contributed by atoms with E-state index in [2.05, 4.69) is 24.3 Å². The van der Waals surface area contributed by atoms with E-state index in [4.69, 9.17) is 5.11 Å². The lowest BCUT2D eigenvalue weighted by Crippen LogP contribution is -2.27. The van der Waals surface area contributed by atoms with Gasteiger partial charge in [-0.1, -0.05) is 13.8 Å². The molecule has 0 aliphatic carbocycles. The highest BCUT2D eigenvalue weighted by molar-refractivity contribution is 7.99. The third-order valence-corrected chi connectivity index (χ3v) is 3.77. The second-order valence-corrected chi connectivity index (χ2v) is 5.90. The van der Waals surface area contributed by atoms with Gasteiger partial charge in [0.1, 0.15) is 5.69 Å². The molecular formula is C13H23N3O2S. The Kier molecular flexibility index (Phi) is 6.94. The van der Waals surface area contributed by atoms with Crippen LogP contribution in [0.3, 0.4) is 0 Å². The first-order valence-corrected chi connectivity index (χ1v) is 7.72. The van der Waals surface area contributed by atoms with Crippen LogP contribution >= 0.6 is 11.8 Å².